The maximum absolute atomic E-state index is 12.8. The van der Waals surface area contributed by atoms with E-state index >= 15 is 0 Å². The molecule has 0 unspecified atom stereocenters. The van der Waals surface area contributed by atoms with E-state index in [1.165, 1.54) is 4.31 Å². The Balaban J connectivity index is 2.14. The van der Waals surface area contributed by atoms with Crippen LogP contribution in [0.25, 0.3) is 0 Å². The molecule has 4 nitrogen and oxygen atoms in total. The van der Waals surface area contributed by atoms with Crippen molar-refractivity contribution in [3.63, 3.8) is 0 Å². The van der Waals surface area contributed by atoms with E-state index in [4.69, 9.17) is 0 Å². The maximum atomic E-state index is 12.8. The van der Waals surface area contributed by atoms with Gasteiger partial charge in [0, 0.05) is 5.56 Å². The summed E-state index contributed by atoms with van der Waals surface area (Å²) >= 11 is 0. The average molecular weight is 299 g/mol. The van der Waals surface area contributed by atoms with Crippen molar-refractivity contribution in [2.24, 2.45) is 0 Å². The SMILES string of the molecule is C[C@]12c3ccccc3C(=O)CN1S(=O)(=O)c1ccccc12. The van der Waals surface area contributed by atoms with Gasteiger partial charge in [-0.2, -0.15) is 4.31 Å². The fourth-order valence-corrected chi connectivity index (χ4v) is 5.47. The van der Waals surface area contributed by atoms with Gasteiger partial charge < -0.3 is 0 Å². The van der Waals surface area contributed by atoms with E-state index in [-0.39, 0.29) is 12.3 Å². The summed E-state index contributed by atoms with van der Waals surface area (Å²) in [6, 6.07) is 14.3. The molecule has 0 aliphatic carbocycles. The van der Waals surface area contributed by atoms with Crippen molar-refractivity contribution in [2.75, 3.05) is 6.54 Å². The molecule has 21 heavy (non-hydrogen) atoms. The molecule has 2 aliphatic rings. The fourth-order valence-electron chi connectivity index (χ4n) is 3.48. The Labute approximate surface area is 123 Å². The Bertz CT molecular complexity index is 888. The third kappa shape index (κ3) is 1.37. The van der Waals surface area contributed by atoms with Gasteiger partial charge in [0.05, 0.1) is 17.0 Å². The molecule has 0 bridgehead atoms. The Kier molecular flexibility index (Phi) is 2.31. The Hall–Kier alpha value is -1.98. The van der Waals surface area contributed by atoms with Gasteiger partial charge in [-0.25, -0.2) is 8.42 Å². The third-order valence-corrected chi connectivity index (χ3v) is 6.50. The molecule has 0 saturated heterocycles. The van der Waals surface area contributed by atoms with Gasteiger partial charge in [0.15, 0.2) is 5.78 Å². The highest BCUT2D eigenvalue weighted by molar-refractivity contribution is 7.89. The van der Waals surface area contributed by atoms with Crippen LogP contribution < -0.4 is 0 Å². The molecule has 0 N–H and O–H groups in total. The quantitative estimate of drug-likeness (QED) is 0.749. The summed E-state index contributed by atoms with van der Waals surface area (Å²) in [5.74, 6) is -0.153. The second-order valence-corrected chi connectivity index (χ2v) is 7.38. The third-order valence-electron chi connectivity index (χ3n) is 4.52. The number of nitrogens with zero attached hydrogens (tertiary/aromatic N) is 1. The number of carbonyl (C=O) groups excluding carboxylic acids is 1. The molecule has 0 amide bonds. The van der Waals surface area contributed by atoms with Gasteiger partial charge in [0.25, 0.3) is 0 Å². The Morgan fingerprint density at radius 2 is 1.62 bits per heavy atom. The number of hydrogen-bond donors (Lipinski definition) is 0. The molecule has 2 aliphatic heterocycles. The van der Waals surface area contributed by atoms with Crippen LogP contribution in [0.1, 0.15) is 28.4 Å². The minimum absolute atomic E-state index is 0.107. The number of rotatable bonds is 0. The highest BCUT2D eigenvalue weighted by Gasteiger charge is 2.55. The zero-order valence-corrected chi connectivity index (χ0v) is 12.2. The van der Waals surface area contributed by atoms with Crippen molar-refractivity contribution in [3.05, 3.63) is 65.2 Å². The number of fused-ring (bicyclic) bond motifs is 5. The van der Waals surface area contributed by atoms with Crippen LogP contribution in [0.4, 0.5) is 0 Å². The first-order valence-corrected chi connectivity index (χ1v) is 8.16. The van der Waals surface area contributed by atoms with Gasteiger partial charge in [0.1, 0.15) is 0 Å². The lowest BCUT2D eigenvalue weighted by Gasteiger charge is -2.39. The van der Waals surface area contributed by atoms with E-state index in [1.807, 2.05) is 37.3 Å². The van der Waals surface area contributed by atoms with Crippen LogP contribution in [0.5, 0.6) is 0 Å². The zero-order chi connectivity index (χ0) is 14.8. The number of hydrogen-bond acceptors (Lipinski definition) is 3. The topological polar surface area (TPSA) is 54.5 Å². The highest BCUT2D eigenvalue weighted by Crippen LogP contribution is 2.50. The molecule has 0 fully saturated rings. The largest absolute Gasteiger partial charge is 0.293 e. The van der Waals surface area contributed by atoms with E-state index < -0.39 is 15.6 Å². The minimum Gasteiger partial charge on any atom is -0.293 e. The van der Waals surface area contributed by atoms with E-state index in [0.29, 0.717) is 10.5 Å². The normalized spacial score (nSPS) is 26.0. The maximum Gasteiger partial charge on any atom is 0.244 e. The lowest BCUT2D eigenvalue weighted by Crippen LogP contribution is -2.49. The second-order valence-electron chi connectivity index (χ2n) is 5.55. The van der Waals surface area contributed by atoms with Gasteiger partial charge >= 0.3 is 0 Å². The number of carbonyl (C=O) groups is 1. The first-order chi connectivity index (χ1) is 9.97. The number of ketones is 1. The number of sulfonamides is 1. The van der Waals surface area contributed by atoms with Crippen molar-refractivity contribution in [1.29, 1.82) is 0 Å². The van der Waals surface area contributed by atoms with E-state index in [1.54, 1.807) is 18.2 Å². The summed E-state index contributed by atoms with van der Waals surface area (Å²) in [4.78, 5) is 12.6. The Morgan fingerprint density at radius 1 is 1.00 bits per heavy atom. The van der Waals surface area contributed by atoms with Crippen LogP contribution in [-0.2, 0) is 15.6 Å². The van der Waals surface area contributed by atoms with Crippen LogP contribution in [0.2, 0.25) is 0 Å². The minimum atomic E-state index is -3.63. The molecule has 4 rings (SSSR count). The summed E-state index contributed by atoms with van der Waals surface area (Å²) in [5, 5.41) is 0. The van der Waals surface area contributed by atoms with E-state index in [0.717, 1.165) is 11.1 Å². The molecular formula is C16H13NO3S. The van der Waals surface area contributed by atoms with Crippen molar-refractivity contribution >= 4 is 15.8 Å². The van der Waals surface area contributed by atoms with Crippen molar-refractivity contribution < 1.29 is 13.2 Å². The van der Waals surface area contributed by atoms with Gasteiger partial charge in [-0.1, -0.05) is 42.5 Å². The summed E-state index contributed by atoms with van der Waals surface area (Å²) in [5.41, 5.74) is 1.31. The number of Topliss-reactive ketones (excluding diaryl/α,β-unsaturated/α-hetero) is 1. The number of benzene rings is 2. The fraction of sp³-hybridized carbons (Fsp3) is 0.188. The molecule has 0 spiro atoms. The monoisotopic (exact) mass is 299 g/mol. The first kappa shape index (κ1) is 12.7. The molecule has 5 heteroatoms. The summed E-state index contributed by atoms with van der Waals surface area (Å²) in [6.45, 7) is 1.77. The molecule has 0 saturated carbocycles. The highest BCUT2D eigenvalue weighted by atomic mass is 32.2. The van der Waals surface area contributed by atoms with Crippen LogP contribution >= 0.6 is 0 Å². The summed E-state index contributed by atoms with van der Waals surface area (Å²) < 4.78 is 26.8. The first-order valence-electron chi connectivity index (χ1n) is 6.72. The van der Waals surface area contributed by atoms with Crippen LogP contribution in [-0.4, -0.2) is 25.1 Å². The van der Waals surface area contributed by atoms with E-state index in [9.17, 15) is 13.2 Å². The van der Waals surface area contributed by atoms with Crippen molar-refractivity contribution in [1.82, 2.24) is 4.31 Å². The predicted molar refractivity (Wildman–Crippen MR) is 77.6 cm³/mol. The molecular weight excluding hydrogens is 286 g/mol. The van der Waals surface area contributed by atoms with Crippen LogP contribution in [0, 0.1) is 0 Å². The van der Waals surface area contributed by atoms with Gasteiger partial charge in [-0.3, -0.25) is 4.79 Å². The summed E-state index contributed by atoms with van der Waals surface area (Å²) in [6.07, 6.45) is 0. The lowest BCUT2D eigenvalue weighted by molar-refractivity contribution is 0.0907. The smallest absolute Gasteiger partial charge is 0.244 e. The van der Waals surface area contributed by atoms with Gasteiger partial charge in [-0.05, 0) is 24.1 Å². The van der Waals surface area contributed by atoms with Crippen molar-refractivity contribution in [2.45, 2.75) is 17.4 Å². The molecule has 2 aromatic carbocycles. The molecule has 106 valence electrons. The lowest BCUT2D eigenvalue weighted by atomic mass is 9.78. The molecule has 2 aromatic rings. The van der Waals surface area contributed by atoms with Gasteiger partial charge in [-0.15, -0.1) is 0 Å². The standard InChI is InChI=1S/C16H13NO3S/c1-16-12-7-3-2-6-11(12)14(18)10-17(16)21(19,20)15-9-5-4-8-13(15)16/h2-9H,10H2,1H3/t16-/m1/s1. The molecule has 2 heterocycles. The second kappa shape index (κ2) is 3.81. The van der Waals surface area contributed by atoms with Crippen LogP contribution in [0.3, 0.4) is 0 Å². The molecule has 0 aromatic heterocycles. The zero-order valence-electron chi connectivity index (χ0n) is 11.4. The molecule has 0 radical (unpaired) electrons. The predicted octanol–water partition coefficient (Wildman–Crippen LogP) is 2.15. The average Bonchev–Trinajstić information content (AvgIpc) is 2.67. The Morgan fingerprint density at radius 3 is 2.38 bits per heavy atom. The summed E-state index contributed by atoms with van der Waals surface area (Å²) in [7, 11) is -3.63. The molecule has 1 atom stereocenters. The van der Waals surface area contributed by atoms with Crippen LogP contribution in [0.15, 0.2) is 53.4 Å². The van der Waals surface area contributed by atoms with E-state index in [2.05, 4.69) is 0 Å². The van der Waals surface area contributed by atoms with Gasteiger partial charge in [0.2, 0.25) is 10.0 Å². The van der Waals surface area contributed by atoms with Crippen molar-refractivity contribution in [3.8, 4) is 0 Å².